The molecule has 0 saturated carbocycles. The van der Waals surface area contributed by atoms with Crippen LogP contribution in [-0.2, 0) is 0 Å². The van der Waals surface area contributed by atoms with Crippen molar-refractivity contribution in [2.75, 3.05) is 25.6 Å². The molecule has 0 radical (unpaired) electrons. The molecule has 128 valence electrons. The monoisotopic (exact) mass is 388 g/mol. The van der Waals surface area contributed by atoms with Gasteiger partial charge in [0.05, 0.1) is 27.9 Å². The van der Waals surface area contributed by atoms with E-state index in [1.54, 1.807) is 18.2 Å². The van der Waals surface area contributed by atoms with Crippen molar-refractivity contribution in [3.63, 3.8) is 0 Å². The van der Waals surface area contributed by atoms with Gasteiger partial charge in [0.25, 0.3) is 5.91 Å². The maximum absolute atomic E-state index is 12.4. The minimum atomic E-state index is -0.417. The average molecular weight is 390 g/mol. The van der Waals surface area contributed by atoms with Gasteiger partial charge < -0.3 is 20.5 Å². The molecule has 0 unspecified atom stereocenters. The van der Waals surface area contributed by atoms with Crippen molar-refractivity contribution in [1.29, 1.82) is 0 Å². The fourth-order valence-electron chi connectivity index (χ4n) is 1.91. The van der Waals surface area contributed by atoms with Gasteiger partial charge >= 0.3 is 0 Å². The summed E-state index contributed by atoms with van der Waals surface area (Å²) >= 11 is 18.3. The van der Waals surface area contributed by atoms with E-state index in [0.29, 0.717) is 28.8 Å². The number of carbonyl (C=O) groups excluding carboxylic acids is 1. The number of ether oxygens (including phenoxy) is 2. The summed E-state index contributed by atoms with van der Waals surface area (Å²) < 4.78 is 10.5. The third kappa shape index (κ3) is 4.45. The van der Waals surface area contributed by atoms with Gasteiger partial charge in [-0.1, -0.05) is 34.8 Å². The number of halogens is 3. The standard InChI is InChI=1S/C16H15Cl3N2O3/c1-23-10-2-3-11(17)14(8-10)21-16(22)9-6-12(18)15(13(19)7-9)24-5-4-20/h2-3,6-8H,4-5,20H2,1H3,(H,21,22). The van der Waals surface area contributed by atoms with Gasteiger partial charge in [-0.3, -0.25) is 4.79 Å². The summed E-state index contributed by atoms with van der Waals surface area (Å²) in [4.78, 5) is 12.4. The lowest BCUT2D eigenvalue weighted by Gasteiger charge is -2.12. The Bertz CT molecular complexity index is 730. The smallest absolute Gasteiger partial charge is 0.255 e. The summed E-state index contributed by atoms with van der Waals surface area (Å²) in [5.74, 6) is 0.440. The summed E-state index contributed by atoms with van der Waals surface area (Å²) in [6.07, 6.45) is 0. The Morgan fingerprint density at radius 3 is 2.38 bits per heavy atom. The van der Waals surface area contributed by atoms with Crippen LogP contribution in [0.2, 0.25) is 15.1 Å². The van der Waals surface area contributed by atoms with Gasteiger partial charge in [-0.15, -0.1) is 0 Å². The first-order valence-electron chi connectivity index (χ1n) is 6.93. The lowest BCUT2D eigenvalue weighted by molar-refractivity contribution is 0.102. The molecule has 2 rings (SSSR count). The predicted octanol–water partition coefficient (Wildman–Crippen LogP) is 4.25. The van der Waals surface area contributed by atoms with E-state index in [2.05, 4.69) is 5.32 Å². The van der Waals surface area contributed by atoms with Crippen molar-refractivity contribution >= 4 is 46.4 Å². The number of hydrogen-bond acceptors (Lipinski definition) is 4. The number of nitrogens with two attached hydrogens (primary N) is 1. The third-order valence-electron chi connectivity index (χ3n) is 3.05. The van der Waals surface area contributed by atoms with Crippen LogP contribution in [0.1, 0.15) is 10.4 Å². The van der Waals surface area contributed by atoms with Gasteiger partial charge in [-0.05, 0) is 24.3 Å². The molecule has 0 heterocycles. The van der Waals surface area contributed by atoms with Crippen molar-refractivity contribution in [3.05, 3.63) is 51.0 Å². The van der Waals surface area contributed by atoms with Gasteiger partial charge in [-0.2, -0.15) is 0 Å². The van der Waals surface area contributed by atoms with Crippen molar-refractivity contribution in [2.45, 2.75) is 0 Å². The van der Waals surface area contributed by atoms with E-state index in [9.17, 15) is 4.79 Å². The molecule has 3 N–H and O–H groups in total. The molecule has 8 heteroatoms. The number of amides is 1. The van der Waals surface area contributed by atoms with Crippen LogP contribution >= 0.6 is 34.8 Å². The van der Waals surface area contributed by atoms with E-state index in [-0.39, 0.29) is 22.2 Å². The maximum atomic E-state index is 12.4. The van der Waals surface area contributed by atoms with E-state index in [1.807, 2.05) is 0 Å². The molecule has 0 bridgehead atoms. The van der Waals surface area contributed by atoms with E-state index in [1.165, 1.54) is 19.2 Å². The number of carbonyl (C=O) groups is 1. The number of rotatable bonds is 6. The fourth-order valence-corrected chi connectivity index (χ4v) is 2.67. The number of benzene rings is 2. The second-order valence-electron chi connectivity index (χ2n) is 4.71. The highest BCUT2D eigenvalue weighted by atomic mass is 35.5. The van der Waals surface area contributed by atoms with Crippen molar-refractivity contribution in [2.24, 2.45) is 5.73 Å². The van der Waals surface area contributed by atoms with Crippen molar-refractivity contribution in [1.82, 2.24) is 0 Å². The molecule has 24 heavy (non-hydrogen) atoms. The van der Waals surface area contributed by atoms with Gasteiger partial charge in [0.1, 0.15) is 12.4 Å². The fraction of sp³-hybridized carbons (Fsp3) is 0.188. The first-order valence-corrected chi connectivity index (χ1v) is 8.06. The van der Waals surface area contributed by atoms with Crippen LogP contribution in [0.3, 0.4) is 0 Å². The zero-order chi connectivity index (χ0) is 17.7. The molecule has 2 aromatic carbocycles. The molecule has 2 aromatic rings. The largest absolute Gasteiger partial charge is 0.497 e. The topological polar surface area (TPSA) is 73.6 Å². The molecular formula is C16H15Cl3N2O3. The molecular weight excluding hydrogens is 375 g/mol. The second-order valence-corrected chi connectivity index (χ2v) is 5.93. The molecule has 0 aliphatic heterocycles. The van der Waals surface area contributed by atoms with Crippen LogP contribution in [0.25, 0.3) is 0 Å². The van der Waals surface area contributed by atoms with Crippen LogP contribution in [-0.4, -0.2) is 26.2 Å². The SMILES string of the molecule is COc1ccc(Cl)c(NC(=O)c2cc(Cl)c(OCCN)c(Cl)c2)c1. The minimum absolute atomic E-state index is 0.220. The zero-order valence-electron chi connectivity index (χ0n) is 12.7. The molecule has 5 nitrogen and oxygen atoms in total. The van der Waals surface area contributed by atoms with Crippen LogP contribution in [0.4, 0.5) is 5.69 Å². The van der Waals surface area contributed by atoms with E-state index < -0.39 is 5.91 Å². The summed E-state index contributed by atoms with van der Waals surface area (Å²) in [6.45, 7) is 0.591. The first-order chi connectivity index (χ1) is 11.5. The Balaban J connectivity index is 2.24. The summed E-state index contributed by atoms with van der Waals surface area (Å²) in [5.41, 5.74) is 6.06. The molecule has 0 spiro atoms. The van der Waals surface area contributed by atoms with Crippen LogP contribution in [0.5, 0.6) is 11.5 Å². The lowest BCUT2D eigenvalue weighted by Crippen LogP contribution is -2.14. The normalized spacial score (nSPS) is 10.4. The molecule has 1 amide bonds. The van der Waals surface area contributed by atoms with E-state index in [4.69, 9.17) is 50.0 Å². The first kappa shape index (κ1) is 18.7. The Labute approximate surface area is 154 Å². The van der Waals surface area contributed by atoms with Crippen LogP contribution < -0.4 is 20.5 Å². The number of methoxy groups -OCH3 is 1. The Morgan fingerprint density at radius 1 is 1.12 bits per heavy atom. The third-order valence-corrected chi connectivity index (χ3v) is 3.94. The van der Waals surface area contributed by atoms with Gasteiger partial charge in [0.2, 0.25) is 0 Å². The highest BCUT2D eigenvalue weighted by Crippen LogP contribution is 2.35. The molecule has 0 saturated heterocycles. The van der Waals surface area contributed by atoms with Crippen LogP contribution in [0, 0.1) is 0 Å². The predicted molar refractivity (Wildman–Crippen MR) is 97.0 cm³/mol. The summed E-state index contributed by atoms with van der Waals surface area (Å²) in [7, 11) is 1.52. The maximum Gasteiger partial charge on any atom is 0.255 e. The van der Waals surface area contributed by atoms with Crippen molar-refractivity contribution < 1.29 is 14.3 Å². The quantitative estimate of drug-likeness (QED) is 0.775. The molecule has 0 atom stereocenters. The molecule has 0 aliphatic carbocycles. The van der Waals surface area contributed by atoms with Crippen molar-refractivity contribution in [3.8, 4) is 11.5 Å². The summed E-state index contributed by atoms with van der Waals surface area (Å²) in [5, 5.41) is 3.51. The number of nitrogens with one attached hydrogen (secondary N) is 1. The Morgan fingerprint density at radius 2 is 1.79 bits per heavy atom. The van der Waals surface area contributed by atoms with Crippen LogP contribution in [0.15, 0.2) is 30.3 Å². The Hall–Kier alpha value is -1.66. The van der Waals surface area contributed by atoms with Gasteiger partial charge in [0.15, 0.2) is 5.75 Å². The number of hydrogen-bond donors (Lipinski definition) is 2. The number of anilines is 1. The second kappa shape index (κ2) is 8.44. The zero-order valence-corrected chi connectivity index (χ0v) is 15.0. The average Bonchev–Trinajstić information content (AvgIpc) is 2.56. The van der Waals surface area contributed by atoms with Gasteiger partial charge in [-0.25, -0.2) is 0 Å². The lowest BCUT2D eigenvalue weighted by atomic mass is 10.2. The molecule has 0 fully saturated rings. The molecule has 0 aliphatic rings. The minimum Gasteiger partial charge on any atom is -0.497 e. The van der Waals surface area contributed by atoms with E-state index >= 15 is 0 Å². The van der Waals surface area contributed by atoms with E-state index in [0.717, 1.165) is 0 Å². The van der Waals surface area contributed by atoms with Gasteiger partial charge in [0, 0.05) is 18.2 Å². The Kier molecular flexibility index (Phi) is 6.57. The highest BCUT2D eigenvalue weighted by Gasteiger charge is 2.15. The summed E-state index contributed by atoms with van der Waals surface area (Å²) in [6, 6.07) is 7.85. The highest BCUT2D eigenvalue weighted by molar-refractivity contribution is 6.38. The molecule has 0 aromatic heterocycles.